The minimum absolute atomic E-state index is 0.124. The number of carbonyl (C=O) groups is 1. The van der Waals surface area contributed by atoms with E-state index in [1.165, 1.54) is 12.1 Å². The number of esters is 1. The van der Waals surface area contributed by atoms with E-state index in [1.54, 1.807) is 6.07 Å². The lowest BCUT2D eigenvalue weighted by Gasteiger charge is -2.30. The minimum atomic E-state index is -0.318. The molecule has 1 fully saturated rings. The smallest absolute Gasteiger partial charge is 0.355 e. The van der Waals surface area contributed by atoms with Crippen LogP contribution in [-0.4, -0.2) is 65.2 Å². The predicted octanol–water partition coefficient (Wildman–Crippen LogP) is 9.71. The first-order chi connectivity index (χ1) is 25.8. The van der Waals surface area contributed by atoms with Crippen LogP contribution in [0.5, 0.6) is 5.75 Å². The summed E-state index contributed by atoms with van der Waals surface area (Å²) >= 11 is 7.34. The van der Waals surface area contributed by atoms with Gasteiger partial charge < -0.3 is 18.8 Å². The van der Waals surface area contributed by atoms with Gasteiger partial charge in [0, 0.05) is 54.4 Å². The number of nitrogens with zero attached hydrogens (tertiary/aromatic N) is 4. The zero-order valence-electron chi connectivity index (χ0n) is 31.6. The highest BCUT2D eigenvalue weighted by molar-refractivity contribution is 6.35. The predicted molar refractivity (Wildman–Crippen MR) is 210 cm³/mol. The average molecular weight is 743 g/mol. The number of fused-ring (bicyclic) bond motifs is 3. The van der Waals surface area contributed by atoms with Crippen LogP contribution in [0.4, 0.5) is 4.39 Å². The molecule has 0 saturated carbocycles. The van der Waals surface area contributed by atoms with Crippen molar-refractivity contribution in [1.82, 2.24) is 19.2 Å². The highest BCUT2D eigenvalue weighted by Crippen LogP contribution is 2.46. The highest BCUT2D eigenvalue weighted by Gasteiger charge is 2.33. The van der Waals surface area contributed by atoms with Crippen molar-refractivity contribution < 1.29 is 23.4 Å². The van der Waals surface area contributed by atoms with Crippen molar-refractivity contribution in [1.29, 1.82) is 0 Å². The van der Waals surface area contributed by atoms with Crippen molar-refractivity contribution >= 4 is 39.2 Å². The van der Waals surface area contributed by atoms with E-state index in [4.69, 9.17) is 30.9 Å². The molecule has 53 heavy (non-hydrogen) atoms. The molecule has 0 aliphatic carbocycles. The lowest BCUT2D eigenvalue weighted by atomic mass is 9.89. The fraction of sp³-hybridized carbons (Fsp3) is 0.488. The maximum atomic E-state index is 14.0. The summed E-state index contributed by atoms with van der Waals surface area (Å²) in [6.07, 6.45) is 8.28. The molecular weight excluding hydrogens is 691 g/mol. The van der Waals surface area contributed by atoms with Crippen LogP contribution < -0.4 is 4.74 Å². The van der Waals surface area contributed by atoms with Crippen LogP contribution in [0, 0.1) is 11.7 Å². The Kier molecular flexibility index (Phi) is 11.7. The van der Waals surface area contributed by atoms with E-state index in [2.05, 4.69) is 29.5 Å². The van der Waals surface area contributed by atoms with E-state index in [9.17, 15) is 9.18 Å². The van der Waals surface area contributed by atoms with Crippen molar-refractivity contribution in [3.63, 3.8) is 0 Å². The Labute approximate surface area is 317 Å². The maximum Gasteiger partial charge on any atom is 0.355 e. The fourth-order valence-electron chi connectivity index (χ4n) is 8.70. The Hall–Kier alpha value is -3.92. The third kappa shape index (κ3) is 7.58. The van der Waals surface area contributed by atoms with Crippen molar-refractivity contribution in [3.8, 4) is 16.9 Å². The molecule has 0 amide bonds. The molecule has 2 aliphatic heterocycles. The van der Waals surface area contributed by atoms with E-state index in [-0.39, 0.29) is 24.4 Å². The summed E-state index contributed by atoms with van der Waals surface area (Å²) in [5.41, 5.74) is 6.76. The molecular formula is C43H52ClFN4O4. The van der Waals surface area contributed by atoms with Crippen LogP contribution in [0.25, 0.3) is 32.8 Å². The number of hydrogen-bond acceptors (Lipinski definition) is 6. The number of aromatic nitrogens is 3. The van der Waals surface area contributed by atoms with Crippen molar-refractivity contribution in [3.05, 3.63) is 82.0 Å². The first-order valence-corrected chi connectivity index (χ1v) is 19.8. The first-order valence-electron chi connectivity index (χ1n) is 19.5. The molecule has 10 heteroatoms. The van der Waals surface area contributed by atoms with Gasteiger partial charge in [0.2, 0.25) is 0 Å². The molecule has 7 rings (SSSR count). The van der Waals surface area contributed by atoms with Crippen molar-refractivity contribution in [2.75, 3.05) is 40.0 Å². The summed E-state index contributed by atoms with van der Waals surface area (Å²) in [5, 5.41) is 8.62. The largest absolute Gasteiger partial charge is 0.493 e. The third-order valence-electron chi connectivity index (χ3n) is 11.3. The van der Waals surface area contributed by atoms with Gasteiger partial charge in [0.25, 0.3) is 0 Å². The normalized spacial score (nSPS) is 17.2. The summed E-state index contributed by atoms with van der Waals surface area (Å²) in [6.45, 7) is 8.02. The van der Waals surface area contributed by atoms with Gasteiger partial charge in [-0.1, -0.05) is 36.7 Å². The quantitative estimate of drug-likeness (QED) is 0.0992. The number of aryl methyl sites for hydroxylation is 3. The Morgan fingerprint density at radius 3 is 2.58 bits per heavy atom. The number of ether oxygens (including phenoxy) is 3. The Morgan fingerprint density at radius 1 is 1.00 bits per heavy atom. The number of benzene rings is 3. The van der Waals surface area contributed by atoms with Gasteiger partial charge in [0.15, 0.2) is 0 Å². The summed E-state index contributed by atoms with van der Waals surface area (Å²) < 4.78 is 35.9. The average Bonchev–Trinajstić information content (AvgIpc) is 3.64. The Morgan fingerprint density at radius 2 is 1.79 bits per heavy atom. The minimum Gasteiger partial charge on any atom is -0.493 e. The molecule has 282 valence electrons. The van der Waals surface area contributed by atoms with E-state index in [0.717, 1.165) is 114 Å². The van der Waals surface area contributed by atoms with Gasteiger partial charge in [-0.3, -0.25) is 9.58 Å². The van der Waals surface area contributed by atoms with Gasteiger partial charge in [-0.05, 0) is 126 Å². The highest BCUT2D eigenvalue weighted by atomic mass is 35.5. The van der Waals surface area contributed by atoms with Crippen LogP contribution in [0.3, 0.4) is 0 Å². The van der Waals surface area contributed by atoms with Crippen LogP contribution in [0.15, 0.2) is 48.5 Å². The van der Waals surface area contributed by atoms with Crippen LogP contribution >= 0.6 is 11.6 Å². The standard InChI is InChI=1S/C43H52ClFN4O4/c1-5-35-39-38-34(44)18-17-33-32(12-10-24-53-37-13-9-11-29-27-30(45)15-16-31(29)37)42(43(50)52-6-2)49(41(33)38)23-8-7-22-47(3)36(40(39)46-48(35)4)19-14-28-20-25-51-26-21-28/h9,11,13,15-18,27-28,36H,5-8,10,12,14,19-26H2,1-4H3. The molecule has 1 atom stereocenters. The van der Waals surface area contributed by atoms with Gasteiger partial charge >= 0.3 is 5.97 Å². The van der Waals surface area contributed by atoms with Gasteiger partial charge in [0.1, 0.15) is 17.3 Å². The first kappa shape index (κ1) is 37.4. The molecule has 2 aliphatic rings. The second-order valence-electron chi connectivity index (χ2n) is 14.6. The molecule has 0 spiro atoms. The Balaban J connectivity index is 1.32. The molecule has 1 unspecified atom stereocenters. The van der Waals surface area contributed by atoms with Gasteiger partial charge in [-0.25, -0.2) is 9.18 Å². The van der Waals surface area contributed by atoms with E-state index in [1.807, 2.05) is 42.9 Å². The monoisotopic (exact) mass is 742 g/mol. The summed E-state index contributed by atoms with van der Waals surface area (Å²) in [6, 6.07) is 14.6. The van der Waals surface area contributed by atoms with E-state index >= 15 is 0 Å². The molecule has 0 N–H and O–H groups in total. The third-order valence-corrected chi connectivity index (χ3v) is 11.7. The summed E-state index contributed by atoms with van der Waals surface area (Å²) in [7, 11) is 4.28. The molecule has 5 aromatic rings. The van der Waals surface area contributed by atoms with Crippen molar-refractivity contribution in [2.24, 2.45) is 13.0 Å². The van der Waals surface area contributed by atoms with Gasteiger partial charge in [-0.15, -0.1) is 0 Å². The molecule has 3 aromatic carbocycles. The zero-order valence-corrected chi connectivity index (χ0v) is 32.3. The van der Waals surface area contributed by atoms with E-state index < -0.39 is 0 Å². The van der Waals surface area contributed by atoms with Gasteiger partial charge in [0.05, 0.1) is 35.5 Å². The van der Waals surface area contributed by atoms with Crippen LogP contribution in [0.2, 0.25) is 5.02 Å². The number of halogens is 2. The van der Waals surface area contributed by atoms with Crippen LogP contribution in [-0.2, 0) is 35.9 Å². The molecule has 0 radical (unpaired) electrons. The summed E-state index contributed by atoms with van der Waals surface area (Å²) in [4.78, 5) is 16.5. The lowest BCUT2D eigenvalue weighted by molar-refractivity contribution is 0.0512. The number of carbonyl (C=O) groups excluding carboxylic acids is 1. The molecule has 1 saturated heterocycles. The lowest BCUT2D eigenvalue weighted by Crippen LogP contribution is -2.28. The fourth-order valence-corrected chi connectivity index (χ4v) is 8.94. The summed E-state index contributed by atoms with van der Waals surface area (Å²) in [5.74, 6) is 0.775. The molecule has 0 bridgehead atoms. The molecule has 4 heterocycles. The molecule has 8 nitrogen and oxygen atoms in total. The van der Waals surface area contributed by atoms with Crippen LogP contribution in [0.1, 0.15) is 92.3 Å². The maximum absolute atomic E-state index is 14.0. The molecule has 2 aromatic heterocycles. The van der Waals surface area contributed by atoms with E-state index in [0.29, 0.717) is 48.4 Å². The second kappa shape index (κ2) is 16.6. The zero-order chi connectivity index (χ0) is 37.1. The number of rotatable bonds is 11. The van der Waals surface area contributed by atoms with Gasteiger partial charge in [-0.2, -0.15) is 5.10 Å². The topological polar surface area (TPSA) is 70.8 Å². The second-order valence-corrected chi connectivity index (χ2v) is 15.0. The number of hydrogen-bond donors (Lipinski definition) is 0. The van der Waals surface area contributed by atoms with Crippen molar-refractivity contribution in [2.45, 2.75) is 84.2 Å². The Bertz CT molecular complexity index is 2080. The SMILES string of the molecule is CCOC(=O)c1c(CCCOc2cccc3cc(F)ccc23)c2ccc(Cl)c3c2n1CCCCN(C)C(CCC1CCOCC1)c1nn(C)c(CC)c1-3.